The summed E-state index contributed by atoms with van der Waals surface area (Å²) in [4.78, 5) is 0. The minimum absolute atomic E-state index is 0. The van der Waals surface area contributed by atoms with Gasteiger partial charge in [-0.15, -0.1) is 0 Å². The molecule has 7 N–H and O–H groups in total. The van der Waals surface area contributed by atoms with Crippen molar-refractivity contribution in [1.82, 2.24) is 0 Å². The third-order valence-corrected chi connectivity index (χ3v) is 0. The standard InChI is InChI=1S/C.7H2O.Ru/h;7*1H2;/q+4;;;;;;;;+3/p-7. The summed E-state index contributed by atoms with van der Waals surface area (Å²) in [7, 11) is 0. The first-order valence-electron chi connectivity index (χ1n) is 0. The third kappa shape index (κ3) is 2850. The molecular formula is CH7O7Ru. The molecule has 0 unspecified atom stereocenters. The maximum absolute atomic E-state index is 0. The van der Waals surface area contributed by atoms with Crippen LogP contribution in [0.1, 0.15) is 0 Å². The molecule has 0 saturated carbocycles. The average molecular weight is 232 g/mol. The van der Waals surface area contributed by atoms with E-state index in [1.807, 2.05) is 0 Å². The van der Waals surface area contributed by atoms with Gasteiger partial charge in [-0.25, -0.2) is 0 Å². The van der Waals surface area contributed by atoms with Crippen LogP contribution in [-0.2, 0) is 19.5 Å². The zero-order valence-corrected chi connectivity index (χ0v) is 5.72. The van der Waals surface area contributed by atoms with E-state index in [1.54, 1.807) is 0 Å². The van der Waals surface area contributed by atoms with Gasteiger partial charge < -0.3 is 38.3 Å². The van der Waals surface area contributed by atoms with Crippen LogP contribution in [0.2, 0.25) is 0 Å². The average Bonchev–Trinajstić information content (AvgIpc) is 0. The predicted octanol–water partition coefficient (Wildman–Crippen LogP) is -1.16. The van der Waals surface area contributed by atoms with Crippen molar-refractivity contribution in [1.29, 1.82) is 0 Å². The molecule has 0 spiro atoms. The normalized spacial score (nSPS) is 0. The Morgan fingerprint density at radius 2 is 0.333 bits per heavy atom. The fraction of sp³-hybridized carbons (Fsp3) is 0. The smallest absolute Gasteiger partial charge is 0.870 e. The van der Waals surface area contributed by atoms with Crippen LogP contribution in [0.5, 0.6) is 0 Å². The van der Waals surface area contributed by atoms with Gasteiger partial charge in [0.15, 0.2) is 0 Å². The first kappa shape index (κ1) is 5520. The molecule has 0 aliphatic rings. The van der Waals surface area contributed by atoms with Crippen LogP contribution in [0.15, 0.2) is 0 Å². The largest absolute Gasteiger partial charge is 4.00 e. The van der Waals surface area contributed by atoms with Gasteiger partial charge in [0.05, 0.1) is 0 Å². The van der Waals surface area contributed by atoms with Crippen LogP contribution in [0.25, 0.3) is 0 Å². The van der Waals surface area contributed by atoms with Crippen molar-refractivity contribution in [3.8, 4) is 0 Å². The number of hydrogen-bond acceptors (Lipinski definition) is 7. The summed E-state index contributed by atoms with van der Waals surface area (Å²) in [5.41, 5.74) is 0. The quantitative estimate of drug-likeness (QED) is 0.466. The summed E-state index contributed by atoms with van der Waals surface area (Å²) in [6.07, 6.45) is 0. The zero-order chi connectivity index (χ0) is 0. The molecule has 0 aromatic heterocycles. The zero-order valence-electron chi connectivity index (χ0n) is 3.98. The minimum Gasteiger partial charge on any atom is -0.870 e. The van der Waals surface area contributed by atoms with E-state index in [0.29, 0.717) is 0 Å². The number of rotatable bonds is 0. The second-order valence-electron chi connectivity index (χ2n) is 0. The Labute approximate surface area is 66.0 Å². The molecule has 7 nitrogen and oxygen atoms in total. The molecule has 0 aliphatic heterocycles. The first-order valence-corrected chi connectivity index (χ1v) is 0. The first-order chi connectivity index (χ1) is 0. The molecule has 0 amide bonds. The summed E-state index contributed by atoms with van der Waals surface area (Å²) >= 11 is 0. The van der Waals surface area contributed by atoms with Crippen molar-refractivity contribution in [3.05, 3.63) is 7.43 Å². The van der Waals surface area contributed by atoms with E-state index in [9.17, 15) is 0 Å². The summed E-state index contributed by atoms with van der Waals surface area (Å²) in [5, 5.41) is 0. The van der Waals surface area contributed by atoms with Gasteiger partial charge in [0.2, 0.25) is 0 Å². The van der Waals surface area contributed by atoms with Crippen molar-refractivity contribution in [3.63, 3.8) is 0 Å². The molecule has 0 fully saturated rings. The topological polar surface area (TPSA) is 210 Å². The van der Waals surface area contributed by atoms with E-state index in [2.05, 4.69) is 0 Å². The summed E-state index contributed by atoms with van der Waals surface area (Å²) in [6.45, 7) is 0. The van der Waals surface area contributed by atoms with Crippen molar-refractivity contribution in [2.24, 2.45) is 0 Å². The molecule has 0 bridgehead atoms. The molecule has 9 heavy (non-hydrogen) atoms. The maximum atomic E-state index is 0. The van der Waals surface area contributed by atoms with Crippen molar-refractivity contribution in [2.45, 2.75) is 0 Å². The fourth-order valence-electron chi connectivity index (χ4n) is 0. The van der Waals surface area contributed by atoms with Crippen LogP contribution in [0, 0.1) is 7.43 Å². The van der Waals surface area contributed by atoms with Gasteiger partial charge in [-0.1, -0.05) is 0 Å². The van der Waals surface area contributed by atoms with E-state index in [-0.39, 0.29) is 65.2 Å². The van der Waals surface area contributed by atoms with Crippen molar-refractivity contribution < 1.29 is 57.8 Å². The summed E-state index contributed by atoms with van der Waals surface area (Å²) in [5.74, 6) is 0. The van der Waals surface area contributed by atoms with Gasteiger partial charge >= 0.3 is 26.9 Å². The van der Waals surface area contributed by atoms with Crippen LogP contribution >= 0.6 is 0 Å². The predicted molar refractivity (Wildman–Crippen MR) is 16.8 cm³/mol. The monoisotopic (exact) mass is 233 g/mol. The fourth-order valence-corrected chi connectivity index (χ4v) is 0. The maximum Gasteiger partial charge on any atom is 4.00 e. The Morgan fingerprint density at radius 3 is 0.333 bits per heavy atom. The molecule has 0 heterocycles. The van der Waals surface area contributed by atoms with Crippen LogP contribution in [-0.4, -0.2) is 38.3 Å². The molecular weight excluding hydrogens is 225 g/mol. The number of hydrogen-bond donors (Lipinski definition) is 0. The second-order valence-corrected chi connectivity index (χ2v) is 0. The van der Waals surface area contributed by atoms with Gasteiger partial charge in [0.25, 0.3) is 0 Å². The Kier molecular flexibility index (Phi) is 2340000. The summed E-state index contributed by atoms with van der Waals surface area (Å²) in [6, 6.07) is 0. The van der Waals surface area contributed by atoms with Crippen molar-refractivity contribution >= 4 is 0 Å². The molecule has 0 atom stereocenters. The minimum atomic E-state index is 0. The van der Waals surface area contributed by atoms with Gasteiger partial charge in [-0.2, -0.15) is 0 Å². The molecule has 0 aromatic rings. The molecule has 8 heteroatoms. The molecule has 1 radical (unpaired) electrons. The Balaban J connectivity index is 0. The van der Waals surface area contributed by atoms with E-state index in [4.69, 9.17) is 0 Å². The van der Waals surface area contributed by atoms with E-state index < -0.39 is 0 Å². The van der Waals surface area contributed by atoms with Crippen LogP contribution in [0.3, 0.4) is 0 Å². The Morgan fingerprint density at radius 1 is 0.333 bits per heavy atom. The SMILES string of the molecule is [C+4].[OH-].[OH-].[OH-].[OH-].[OH-].[OH-].[OH-].[Ru+3]. The molecule has 0 aromatic carbocycles. The Hall–Kier alpha value is 0.343. The van der Waals surface area contributed by atoms with Crippen LogP contribution < -0.4 is 0 Å². The molecule has 0 rings (SSSR count). The van der Waals surface area contributed by atoms with Crippen molar-refractivity contribution in [2.75, 3.05) is 0 Å². The second kappa shape index (κ2) is 3820. The Bertz CT molecular complexity index is 8.88. The van der Waals surface area contributed by atoms with Gasteiger partial charge in [-0.3, -0.25) is 0 Å². The van der Waals surface area contributed by atoms with E-state index in [0.717, 1.165) is 0 Å². The summed E-state index contributed by atoms with van der Waals surface area (Å²) < 4.78 is 0. The van der Waals surface area contributed by atoms with Gasteiger partial charge in [-0.05, 0) is 0 Å². The van der Waals surface area contributed by atoms with Crippen LogP contribution in [0.4, 0.5) is 0 Å². The molecule has 0 saturated heterocycles. The van der Waals surface area contributed by atoms with Gasteiger partial charge in [0.1, 0.15) is 0 Å². The molecule has 61 valence electrons. The van der Waals surface area contributed by atoms with E-state index >= 15 is 0 Å². The third-order valence-electron chi connectivity index (χ3n) is 0. The van der Waals surface area contributed by atoms with Gasteiger partial charge in [0, 0.05) is 0 Å². The van der Waals surface area contributed by atoms with E-state index in [1.165, 1.54) is 0 Å². The molecule has 0 aliphatic carbocycles.